The van der Waals surface area contributed by atoms with Crippen LogP contribution in [0.15, 0.2) is 97.4 Å². The molecule has 3 aromatic rings. The van der Waals surface area contributed by atoms with Crippen molar-refractivity contribution in [2.24, 2.45) is 11.8 Å². The van der Waals surface area contributed by atoms with Gasteiger partial charge in [-0.05, 0) is 90.6 Å². The van der Waals surface area contributed by atoms with Crippen molar-refractivity contribution in [2.75, 3.05) is 0 Å². The van der Waals surface area contributed by atoms with Crippen LogP contribution >= 0.6 is 0 Å². The molecule has 2 aliphatic rings. The maximum Gasteiger partial charge on any atom is 0.159 e. The van der Waals surface area contributed by atoms with Crippen LogP contribution in [-0.2, 0) is 17.8 Å². The molecule has 2 atom stereocenters. The molecular formula is C35H37NO2. The van der Waals surface area contributed by atoms with Gasteiger partial charge in [0.05, 0.1) is 5.35 Å². The predicted molar refractivity (Wildman–Crippen MR) is 155 cm³/mol. The van der Waals surface area contributed by atoms with E-state index in [9.17, 15) is 4.79 Å². The van der Waals surface area contributed by atoms with Gasteiger partial charge < -0.3 is 9.30 Å². The van der Waals surface area contributed by atoms with Crippen LogP contribution in [0.25, 0.3) is 11.8 Å². The van der Waals surface area contributed by atoms with Gasteiger partial charge in [-0.3, -0.25) is 4.79 Å². The SMILES string of the molecule is C=CC(=O)CC1CCCC(Cn2ccc3/c2=C(/Oc2ccc(Cc4ccccc4)cc2)C=C=CC/C=3)CC1. The third-order valence-electron chi connectivity index (χ3n) is 7.80. The van der Waals surface area contributed by atoms with Crippen molar-refractivity contribution in [1.29, 1.82) is 0 Å². The Morgan fingerprint density at radius 2 is 1.74 bits per heavy atom. The summed E-state index contributed by atoms with van der Waals surface area (Å²) < 4.78 is 8.87. The molecular weight excluding hydrogens is 466 g/mol. The Bertz CT molecular complexity index is 1440. The summed E-state index contributed by atoms with van der Waals surface area (Å²) in [4.78, 5) is 11.9. The van der Waals surface area contributed by atoms with Crippen LogP contribution < -0.4 is 15.3 Å². The van der Waals surface area contributed by atoms with E-state index in [1.165, 1.54) is 35.3 Å². The van der Waals surface area contributed by atoms with Gasteiger partial charge in [0.1, 0.15) is 5.75 Å². The first-order valence-corrected chi connectivity index (χ1v) is 13.9. The summed E-state index contributed by atoms with van der Waals surface area (Å²) in [5, 5.41) is 2.33. The van der Waals surface area contributed by atoms with Gasteiger partial charge in [-0.2, -0.15) is 0 Å². The molecule has 0 spiro atoms. The second-order valence-electron chi connectivity index (χ2n) is 10.6. The molecule has 2 unspecified atom stereocenters. The minimum absolute atomic E-state index is 0.181. The van der Waals surface area contributed by atoms with Crippen molar-refractivity contribution < 1.29 is 9.53 Å². The van der Waals surface area contributed by atoms with E-state index in [2.05, 4.69) is 89.8 Å². The number of allylic oxidation sites excluding steroid dienone is 1. The Balaban J connectivity index is 1.35. The molecule has 1 fully saturated rings. The van der Waals surface area contributed by atoms with E-state index in [1.54, 1.807) is 0 Å². The smallest absolute Gasteiger partial charge is 0.159 e. The first-order valence-electron chi connectivity index (χ1n) is 13.9. The molecule has 0 aliphatic heterocycles. The number of ether oxygens (including phenoxy) is 1. The normalized spacial score (nSPS) is 21.3. The molecule has 1 heterocycles. The van der Waals surface area contributed by atoms with Crippen molar-refractivity contribution in [3.63, 3.8) is 0 Å². The number of carbonyl (C=O) groups excluding carboxylic acids is 1. The summed E-state index contributed by atoms with van der Waals surface area (Å²) in [5.74, 6) is 2.93. The highest BCUT2D eigenvalue weighted by Gasteiger charge is 2.21. The van der Waals surface area contributed by atoms with E-state index in [0.29, 0.717) is 18.3 Å². The van der Waals surface area contributed by atoms with Gasteiger partial charge >= 0.3 is 0 Å². The van der Waals surface area contributed by atoms with Crippen LogP contribution in [0.2, 0.25) is 0 Å². The van der Waals surface area contributed by atoms with E-state index in [0.717, 1.165) is 55.5 Å². The molecule has 5 rings (SSSR count). The number of hydrogen-bond donors (Lipinski definition) is 0. The summed E-state index contributed by atoms with van der Waals surface area (Å²) in [6.07, 6.45) is 18.2. The third kappa shape index (κ3) is 6.73. The summed E-state index contributed by atoms with van der Waals surface area (Å²) in [6.45, 7) is 4.61. The minimum Gasteiger partial charge on any atom is -0.455 e. The molecule has 2 aromatic carbocycles. The Hall–Kier alpha value is -3.81. The van der Waals surface area contributed by atoms with Gasteiger partial charge in [-0.15, -0.1) is 5.73 Å². The lowest BCUT2D eigenvalue weighted by Crippen LogP contribution is -2.34. The topological polar surface area (TPSA) is 31.2 Å². The van der Waals surface area contributed by atoms with Crippen LogP contribution in [0.5, 0.6) is 5.75 Å². The lowest BCUT2D eigenvalue weighted by Gasteiger charge is -2.17. The van der Waals surface area contributed by atoms with Crippen LogP contribution in [0.4, 0.5) is 0 Å². The fourth-order valence-corrected chi connectivity index (χ4v) is 5.75. The fourth-order valence-electron chi connectivity index (χ4n) is 5.75. The van der Waals surface area contributed by atoms with Crippen molar-refractivity contribution in [3.8, 4) is 5.75 Å². The zero-order chi connectivity index (χ0) is 26.2. The van der Waals surface area contributed by atoms with E-state index in [4.69, 9.17) is 4.74 Å². The molecule has 0 radical (unpaired) electrons. The number of fused-ring (bicyclic) bond motifs is 1. The molecule has 194 valence electrons. The molecule has 38 heavy (non-hydrogen) atoms. The molecule has 0 amide bonds. The lowest BCUT2D eigenvalue weighted by atomic mass is 9.93. The second kappa shape index (κ2) is 12.6. The average Bonchev–Trinajstić information content (AvgIpc) is 3.17. The number of aromatic nitrogens is 1. The zero-order valence-electron chi connectivity index (χ0n) is 22.1. The summed E-state index contributed by atoms with van der Waals surface area (Å²) in [7, 11) is 0. The van der Waals surface area contributed by atoms with Crippen molar-refractivity contribution in [1.82, 2.24) is 4.57 Å². The molecule has 3 nitrogen and oxygen atoms in total. The number of carbonyl (C=O) groups is 1. The first-order chi connectivity index (χ1) is 18.7. The maximum absolute atomic E-state index is 11.9. The van der Waals surface area contributed by atoms with Gasteiger partial charge in [0.15, 0.2) is 11.5 Å². The van der Waals surface area contributed by atoms with Crippen LogP contribution in [0, 0.1) is 11.8 Å². The Kier molecular flexibility index (Phi) is 8.58. The Morgan fingerprint density at radius 3 is 2.55 bits per heavy atom. The zero-order valence-corrected chi connectivity index (χ0v) is 22.1. The fraction of sp³-hybridized carbons (Fsp3) is 0.314. The highest BCUT2D eigenvalue weighted by molar-refractivity contribution is 5.89. The van der Waals surface area contributed by atoms with Crippen LogP contribution in [-0.4, -0.2) is 10.4 Å². The van der Waals surface area contributed by atoms with E-state index in [1.807, 2.05) is 12.2 Å². The van der Waals surface area contributed by atoms with E-state index in [-0.39, 0.29) is 5.78 Å². The summed E-state index contributed by atoms with van der Waals surface area (Å²) in [5.41, 5.74) is 5.87. The summed E-state index contributed by atoms with van der Waals surface area (Å²) >= 11 is 0. The number of rotatable bonds is 9. The molecule has 3 heteroatoms. The van der Waals surface area contributed by atoms with E-state index < -0.39 is 0 Å². The quantitative estimate of drug-likeness (QED) is 0.190. The number of ketones is 1. The average molecular weight is 504 g/mol. The minimum atomic E-state index is 0.181. The highest BCUT2D eigenvalue weighted by Crippen LogP contribution is 2.30. The second-order valence-corrected chi connectivity index (χ2v) is 10.6. The van der Waals surface area contributed by atoms with E-state index >= 15 is 0 Å². The largest absolute Gasteiger partial charge is 0.455 e. The number of hydrogen-bond acceptors (Lipinski definition) is 2. The molecule has 1 aromatic heterocycles. The van der Waals surface area contributed by atoms with Crippen LogP contribution in [0.1, 0.15) is 56.1 Å². The highest BCUT2D eigenvalue weighted by atomic mass is 16.5. The van der Waals surface area contributed by atoms with Crippen molar-refractivity contribution >= 4 is 17.6 Å². The maximum atomic E-state index is 11.9. The molecule has 2 aliphatic carbocycles. The number of nitrogens with zero attached hydrogens (tertiary/aromatic N) is 1. The van der Waals surface area contributed by atoms with Gasteiger partial charge in [0.25, 0.3) is 0 Å². The van der Waals surface area contributed by atoms with Gasteiger partial charge in [-0.1, -0.05) is 68.0 Å². The monoisotopic (exact) mass is 503 g/mol. The Morgan fingerprint density at radius 1 is 0.974 bits per heavy atom. The molecule has 0 saturated heterocycles. The van der Waals surface area contributed by atoms with Crippen molar-refractivity contribution in [2.45, 2.75) is 57.9 Å². The standard InChI is InChI=1S/C35H37NO2/c1-2-32(37)25-28-12-9-13-30(17-16-28)26-36-23-22-31-14-7-4-8-15-34(35(31)36)38-33-20-18-29(19-21-33)24-27-10-5-3-6-11-27/h2-6,10-11,14-15,18-23,28,30H,1,7,9,12-13,16-17,24-26H2/b31-14+,35-34-. The molecule has 0 bridgehead atoms. The first kappa shape index (κ1) is 25.8. The predicted octanol–water partition coefficient (Wildman–Crippen LogP) is 6.50. The molecule has 1 saturated carbocycles. The lowest BCUT2D eigenvalue weighted by molar-refractivity contribution is -0.115. The van der Waals surface area contributed by atoms with Gasteiger partial charge in [0, 0.05) is 25.2 Å². The van der Waals surface area contributed by atoms with Gasteiger partial charge in [0.2, 0.25) is 0 Å². The Labute approximate surface area is 226 Å². The van der Waals surface area contributed by atoms with Crippen molar-refractivity contribution in [3.05, 3.63) is 119 Å². The summed E-state index contributed by atoms with van der Waals surface area (Å²) in [6, 6.07) is 21.2. The third-order valence-corrected chi connectivity index (χ3v) is 7.80. The molecule has 0 N–H and O–H groups in total. The van der Waals surface area contributed by atoms with Crippen LogP contribution in [0.3, 0.4) is 0 Å². The number of benzene rings is 2. The van der Waals surface area contributed by atoms with Gasteiger partial charge in [-0.25, -0.2) is 0 Å².